The van der Waals surface area contributed by atoms with Crippen molar-refractivity contribution in [2.24, 2.45) is 0 Å². The summed E-state index contributed by atoms with van der Waals surface area (Å²) in [7, 11) is 0. The van der Waals surface area contributed by atoms with Crippen molar-refractivity contribution < 1.29 is 0 Å². The summed E-state index contributed by atoms with van der Waals surface area (Å²) >= 11 is 1.59. The zero-order chi connectivity index (χ0) is 14.5. The Morgan fingerprint density at radius 3 is 3.00 bits per heavy atom. The van der Waals surface area contributed by atoms with Crippen molar-refractivity contribution in [3.63, 3.8) is 0 Å². The number of aryl methyl sites for hydroxylation is 1. The molecule has 2 heterocycles. The Balaban J connectivity index is 1.56. The maximum atomic E-state index is 4.60. The zero-order valence-electron chi connectivity index (χ0n) is 12.3. The molecule has 3 rings (SSSR count). The van der Waals surface area contributed by atoms with Crippen molar-refractivity contribution in [2.45, 2.75) is 68.8 Å². The van der Waals surface area contributed by atoms with Gasteiger partial charge in [-0.25, -0.2) is 9.67 Å². The fraction of sp³-hybridized carbons (Fsp3) is 0.769. The lowest BCUT2D eigenvalue weighted by molar-refractivity contribution is 0.540. The molecule has 1 saturated carbocycles. The molecule has 1 N–H and O–H groups in total. The Morgan fingerprint density at radius 1 is 1.33 bits per heavy atom. The van der Waals surface area contributed by atoms with Gasteiger partial charge in [-0.1, -0.05) is 37.9 Å². The van der Waals surface area contributed by atoms with Crippen LogP contribution in [-0.2, 0) is 12.3 Å². The highest BCUT2D eigenvalue weighted by atomic mass is 32.2. The first-order valence-electron chi connectivity index (χ1n) is 7.67. The lowest BCUT2D eigenvalue weighted by Crippen LogP contribution is -2.05. The normalized spacial score (nSPS) is 15.9. The molecule has 2 aromatic rings. The van der Waals surface area contributed by atoms with Gasteiger partial charge in [0, 0.05) is 12.5 Å². The van der Waals surface area contributed by atoms with E-state index in [1.54, 1.807) is 11.8 Å². The van der Waals surface area contributed by atoms with E-state index in [0.29, 0.717) is 11.7 Å². The first-order chi connectivity index (χ1) is 10.4. The van der Waals surface area contributed by atoms with Crippen LogP contribution < -0.4 is 0 Å². The van der Waals surface area contributed by atoms with Crippen LogP contribution in [0.15, 0.2) is 5.16 Å². The van der Waals surface area contributed by atoms with Gasteiger partial charge in [0.15, 0.2) is 5.82 Å². The maximum absolute atomic E-state index is 4.60. The van der Waals surface area contributed by atoms with E-state index in [1.165, 1.54) is 25.7 Å². The molecule has 114 valence electrons. The summed E-state index contributed by atoms with van der Waals surface area (Å²) < 4.78 is 1.88. The van der Waals surface area contributed by atoms with Crippen molar-refractivity contribution in [3.8, 4) is 0 Å². The van der Waals surface area contributed by atoms with Gasteiger partial charge in [-0.05, 0) is 29.7 Å². The number of hydrogen-bond donors (Lipinski definition) is 1. The molecule has 0 aromatic carbocycles. The van der Waals surface area contributed by atoms with Crippen molar-refractivity contribution in [1.29, 1.82) is 0 Å². The van der Waals surface area contributed by atoms with Gasteiger partial charge in [0.1, 0.15) is 5.82 Å². The van der Waals surface area contributed by atoms with Gasteiger partial charge in [-0.15, -0.1) is 10.2 Å². The smallest absolute Gasteiger partial charge is 0.208 e. The number of H-pyrrole nitrogens is 1. The number of nitrogens with one attached hydrogen (secondary N) is 1. The Labute approximate surface area is 128 Å². The Bertz CT molecular complexity index is 558. The Hall–Kier alpha value is -1.44. The molecule has 0 amide bonds. The number of tetrazole rings is 1. The maximum Gasteiger partial charge on any atom is 0.208 e. The monoisotopic (exact) mass is 307 g/mol. The number of aromatic amines is 1. The molecular formula is C13H21N7S. The third kappa shape index (κ3) is 3.61. The Morgan fingerprint density at radius 2 is 2.19 bits per heavy atom. The molecule has 8 heteroatoms. The first kappa shape index (κ1) is 14.5. The third-order valence-electron chi connectivity index (χ3n) is 3.88. The van der Waals surface area contributed by atoms with Gasteiger partial charge in [0.25, 0.3) is 0 Å². The number of aromatic nitrogens is 7. The van der Waals surface area contributed by atoms with Gasteiger partial charge < -0.3 is 0 Å². The highest BCUT2D eigenvalue weighted by Gasteiger charge is 2.20. The second kappa shape index (κ2) is 7.02. The highest BCUT2D eigenvalue weighted by molar-refractivity contribution is 7.98. The van der Waals surface area contributed by atoms with E-state index >= 15 is 0 Å². The number of unbranched alkanes of at least 4 members (excludes halogenated alkanes) is 1. The van der Waals surface area contributed by atoms with Crippen molar-refractivity contribution >= 4 is 11.8 Å². The molecule has 1 aliphatic rings. The average molecular weight is 307 g/mol. The fourth-order valence-electron chi connectivity index (χ4n) is 2.64. The third-order valence-corrected chi connectivity index (χ3v) is 4.73. The van der Waals surface area contributed by atoms with Crippen LogP contribution in [0, 0.1) is 0 Å². The van der Waals surface area contributed by atoms with Crippen LogP contribution in [0.1, 0.15) is 63.0 Å². The van der Waals surface area contributed by atoms with Gasteiger partial charge in [0.2, 0.25) is 5.16 Å². The zero-order valence-corrected chi connectivity index (χ0v) is 13.1. The van der Waals surface area contributed by atoms with Gasteiger partial charge in [-0.2, -0.15) is 0 Å². The van der Waals surface area contributed by atoms with Crippen LogP contribution >= 0.6 is 11.8 Å². The van der Waals surface area contributed by atoms with E-state index in [0.717, 1.165) is 36.2 Å². The van der Waals surface area contributed by atoms with Crippen LogP contribution in [0.3, 0.4) is 0 Å². The number of thioether (sulfide) groups is 1. The molecule has 0 aliphatic heterocycles. The van der Waals surface area contributed by atoms with Crippen molar-refractivity contribution in [2.75, 3.05) is 0 Å². The Kier molecular flexibility index (Phi) is 4.84. The second-order valence-electron chi connectivity index (χ2n) is 5.45. The second-order valence-corrected chi connectivity index (χ2v) is 6.39. The summed E-state index contributed by atoms with van der Waals surface area (Å²) in [5.74, 6) is 3.21. The minimum Gasteiger partial charge on any atom is -0.262 e. The SMILES string of the molecule is CCCCn1nnnc1CSc1n[nH]c(C2CCCC2)n1. The van der Waals surface area contributed by atoms with Crippen molar-refractivity contribution in [1.82, 2.24) is 35.4 Å². The summed E-state index contributed by atoms with van der Waals surface area (Å²) in [5.41, 5.74) is 0. The summed E-state index contributed by atoms with van der Waals surface area (Å²) in [4.78, 5) is 4.60. The molecular weight excluding hydrogens is 286 g/mol. The average Bonchev–Trinajstić information content (AvgIpc) is 3.22. The van der Waals surface area contributed by atoms with E-state index in [9.17, 15) is 0 Å². The van der Waals surface area contributed by atoms with Gasteiger partial charge in [0.05, 0.1) is 5.75 Å². The van der Waals surface area contributed by atoms with E-state index in [4.69, 9.17) is 0 Å². The molecule has 1 aliphatic carbocycles. The van der Waals surface area contributed by atoms with Gasteiger partial charge >= 0.3 is 0 Å². The minimum absolute atomic E-state index is 0.571. The van der Waals surface area contributed by atoms with E-state index in [-0.39, 0.29) is 0 Å². The predicted molar refractivity (Wildman–Crippen MR) is 79.9 cm³/mol. The van der Waals surface area contributed by atoms with Crippen LogP contribution in [0.25, 0.3) is 0 Å². The number of hydrogen-bond acceptors (Lipinski definition) is 6. The summed E-state index contributed by atoms with van der Waals surface area (Å²) in [5, 5.41) is 20.0. The topological polar surface area (TPSA) is 85.2 Å². The molecule has 1 fully saturated rings. The van der Waals surface area contributed by atoms with Crippen molar-refractivity contribution in [3.05, 3.63) is 11.6 Å². The molecule has 7 nitrogen and oxygen atoms in total. The predicted octanol–water partition coefficient (Wildman–Crippen LogP) is 2.54. The molecule has 0 unspecified atom stereocenters. The standard InChI is InChI=1S/C13H21N7S/c1-2-3-8-20-11(15-18-19-20)9-21-13-14-12(16-17-13)10-6-4-5-7-10/h10H,2-9H2,1H3,(H,14,16,17). The lowest BCUT2D eigenvalue weighted by Gasteiger charge is -2.02. The van der Waals surface area contributed by atoms with Gasteiger partial charge in [-0.3, -0.25) is 5.10 Å². The summed E-state index contributed by atoms with van der Waals surface area (Å²) in [6.07, 6.45) is 7.30. The van der Waals surface area contributed by atoms with E-state index < -0.39 is 0 Å². The molecule has 0 radical (unpaired) electrons. The molecule has 21 heavy (non-hydrogen) atoms. The van der Waals surface area contributed by atoms with Crippen LogP contribution in [-0.4, -0.2) is 35.4 Å². The summed E-state index contributed by atoms with van der Waals surface area (Å²) in [6, 6.07) is 0. The quantitative estimate of drug-likeness (QED) is 0.791. The number of rotatable bonds is 7. The highest BCUT2D eigenvalue weighted by Crippen LogP contribution is 2.32. The van der Waals surface area contributed by atoms with E-state index in [2.05, 4.69) is 37.6 Å². The van der Waals surface area contributed by atoms with Crippen LogP contribution in [0.2, 0.25) is 0 Å². The molecule has 0 spiro atoms. The first-order valence-corrected chi connectivity index (χ1v) is 8.65. The van der Waals surface area contributed by atoms with E-state index in [1.807, 2.05) is 4.68 Å². The molecule has 2 aromatic heterocycles. The molecule has 0 atom stereocenters. The largest absolute Gasteiger partial charge is 0.262 e. The minimum atomic E-state index is 0.571. The lowest BCUT2D eigenvalue weighted by atomic mass is 10.1. The molecule has 0 saturated heterocycles. The fourth-order valence-corrected chi connectivity index (χ4v) is 3.38. The summed E-state index contributed by atoms with van der Waals surface area (Å²) in [6.45, 7) is 3.04. The van der Waals surface area contributed by atoms with Crippen LogP contribution in [0.4, 0.5) is 0 Å². The van der Waals surface area contributed by atoms with Crippen LogP contribution in [0.5, 0.6) is 0 Å². The molecule has 0 bridgehead atoms. The number of nitrogens with zero attached hydrogens (tertiary/aromatic N) is 6.